The molecule has 0 radical (unpaired) electrons. The Morgan fingerprint density at radius 1 is 1.30 bits per heavy atom. The van der Waals surface area contributed by atoms with Gasteiger partial charge in [0.05, 0.1) is 10.9 Å². The van der Waals surface area contributed by atoms with Crippen molar-refractivity contribution in [2.75, 3.05) is 5.73 Å². The van der Waals surface area contributed by atoms with Crippen LogP contribution >= 0.6 is 23.4 Å². The van der Waals surface area contributed by atoms with E-state index in [1.54, 1.807) is 0 Å². The van der Waals surface area contributed by atoms with Crippen LogP contribution in [0, 0.1) is 0 Å². The third kappa shape index (κ3) is 4.93. The summed E-state index contributed by atoms with van der Waals surface area (Å²) in [4.78, 5) is 21.5. The van der Waals surface area contributed by atoms with Gasteiger partial charge in [-0.1, -0.05) is 55.3 Å². The summed E-state index contributed by atoms with van der Waals surface area (Å²) >= 11 is 7.33. The molecule has 0 spiro atoms. The lowest BCUT2D eigenvalue weighted by Crippen LogP contribution is -2.37. The number of halogens is 1. The van der Waals surface area contributed by atoms with Gasteiger partial charge in [-0.05, 0) is 43.9 Å². The van der Waals surface area contributed by atoms with Gasteiger partial charge in [-0.3, -0.25) is 4.79 Å². The number of amides is 1. The highest BCUT2D eigenvalue weighted by atomic mass is 35.5. The van der Waals surface area contributed by atoms with E-state index in [1.807, 2.05) is 38.1 Å². The Hall–Kier alpha value is -1.79. The number of nitrogens with two attached hydrogens (primary N) is 1. The van der Waals surface area contributed by atoms with Crippen molar-refractivity contribution in [3.63, 3.8) is 0 Å². The predicted octanol–water partition coefficient (Wildman–Crippen LogP) is 4.48. The van der Waals surface area contributed by atoms with Crippen molar-refractivity contribution in [1.29, 1.82) is 0 Å². The van der Waals surface area contributed by atoms with Crippen LogP contribution in [-0.2, 0) is 11.2 Å². The van der Waals surface area contributed by atoms with Gasteiger partial charge in [-0.2, -0.15) is 0 Å². The molecule has 1 fully saturated rings. The second-order valence-electron chi connectivity index (χ2n) is 6.82. The number of carbonyl (C=O) groups excluding carboxylic acids is 1. The number of nitrogens with one attached hydrogen (secondary N) is 1. The molecule has 1 aliphatic rings. The number of aromatic nitrogens is 2. The molecule has 2 aromatic rings. The summed E-state index contributed by atoms with van der Waals surface area (Å²) in [5.74, 6) is 0.462. The molecule has 144 valence electrons. The van der Waals surface area contributed by atoms with E-state index in [0.29, 0.717) is 22.0 Å². The largest absolute Gasteiger partial charge is 0.383 e. The molecule has 5 nitrogen and oxygen atoms in total. The van der Waals surface area contributed by atoms with E-state index in [9.17, 15) is 4.79 Å². The maximum Gasteiger partial charge on any atom is 0.233 e. The summed E-state index contributed by atoms with van der Waals surface area (Å²) in [5, 5.41) is 4.07. The normalized spacial score (nSPS) is 15.7. The average molecular weight is 405 g/mol. The zero-order chi connectivity index (χ0) is 19.4. The molecule has 0 unspecified atom stereocenters. The number of nitrogens with zero attached hydrogens (tertiary/aromatic N) is 2. The van der Waals surface area contributed by atoms with Crippen molar-refractivity contribution in [2.24, 2.45) is 0 Å². The number of hydrogen-bond donors (Lipinski definition) is 2. The van der Waals surface area contributed by atoms with Crippen LogP contribution in [0.2, 0.25) is 5.02 Å². The summed E-state index contributed by atoms with van der Waals surface area (Å²) in [5.41, 5.74) is 8.90. The first-order valence-corrected chi connectivity index (χ1v) is 10.6. The number of benzene rings is 1. The van der Waals surface area contributed by atoms with E-state index in [2.05, 4.69) is 15.3 Å². The van der Waals surface area contributed by atoms with Crippen LogP contribution in [0.25, 0.3) is 11.1 Å². The molecular formula is C20H25ClN4OS. The monoisotopic (exact) mass is 404 g/mol. The lowest BCUT2D eigenvalue weighted by Gasteiger charge is -2.17. The van der Waals surface area contributed by atoms with Crippen LogP contribution < -0.4 is 11.1 Å². The fourth-order valence-corrected chi connectivity index (χ4v) is 4.27. The van der Waals surface area contributed by atoms with E-state index in [-0.39, 0.29) is 11.2 Å². The fraction of sp³-hybridized carbons (Fsp3) is 0.450. The van der Waals surface area contributed by atoms with E-state index in [1.165, 1.54) is 24.6 Å². The summed E-state index contributed by atoms with van der Waals surface area (Å²) < 4.78 is 0. The summed E-state index contributed by atoms with van der Waals surface area (Å²) in [6, 6.07) is 7.80. The maximum absolute atomic E-state index is 12.4. The Kier molecular flexibility index (Phi) is 6.60. The Labute approximate surface area is 169 Å². The summed E-state index contributed by atoms with van der Waals surface area (Å²) in [6.07, 6.45) is 5.25. The first kappa shape index (κ1) is 20.0. The van der Waals surface area contributed by atoms with Crippen LogP contribution in [0.3, 0.4) is 0 Å². The number of thioether (sulfide) groups is 1. The van der Waals surface area contributed by atoms with E-state index >= 15 is 0 Å². The maximum atomic E-state index is 12.4. The van der Waals surface area contributed by atoms with Gasteiger partial charge < -0.3 is 11.1 Å². The van der Waals surface area contributed by atoms with Crippen molar-refractivity contribution >= 4 is 35.1 Å². The predicted molar refractivity (Wildman–Crippen MR) is 112 cm³/mol. The molecule has 1 aliphatic carbocycles. The van der Waals surface area contributed by atoms with Gasteiger partial charge in [0.15, 0.2) is 5.16 Å². The van der Waals surface area contributed by atoms with Crippen LogP contribution in [0.15, 0.2) is 29.4 Å². The minimum Gasteiger partial charge on any atom is -0.383 e. The van der Waals surface area contributed by atoms with E-state index in [0.717, 1.165) is 36.1 Å². The Bertz CT molecular complexity index is 806. The number of hydrogen-bond acceptors (Lipinski definition) is 5. The molecule has 27 heavy (non-hydrogen) atoms. The van der Waals surface area contributed by atoms with Crippen molar-refractivity contribution in [2.45, 2.75) is 62.4 Å². The molecule has 7 heteroatoms. The Balaban J connectivity index is 1.77. The smallest absolute Gasteiger partial charge is 0.233 e. The first-order chi connectivity index (χ1) is 13.0. The van der Waals surface area contributed by atoms with Gasteiger partial charge in [0.2, 0.25) is 5.91 Å². The fourth-order valence-electron chi connectivity index (χ4n) is 3.34. The van der Waals surface area contributed by atoms with Gasteiger partial charge in [-0.25, -0.2) is 9.97 Å². The Morgan fingerprint density at radius 3 is 2.59 bits per heavy atom. The van der Waals surface area contributed by atoms with Gasteiger partial charge in [0.25, 0.3) is 0 Å². The number of rotatable bonds is 6. The van der Waals surface area contributed by atoms with Crippen molar-refractivity contribution < 1.29 is 4.79 Å². The van der Waals surface area contributed by atoms with E-state index < -0.39 is 0 Å². The third-order valence-electron chi connectivity index (χ3n) is 4.81. The molecular weight excluding hydrogens is 380 g/mol. The molecule has 3 rings (SSSR count). The summed E-state index contributed by atoms with van der Waals surface area (Å²) in [7, 11) is 0. The standard InChI is InChI=1S/C20H25ClN4OS/c1-3-16-17(13-8-10-14(21)11-9-13)18(22)25-20(24-16)27-12(2)19(26)23-15-6-4-5-7-15/h8-12,15H,3-7H2,1-2H3,(H,23,26)(H2,22,24,25)/t12-/m0/s1. The molecule has 1 aromatic carbocycles. The highest BCUT2D eigenvalue weighted by molar-refractivity contribution is 8.00. The van der Waals surface area contributed by atoms with Gasteiger partial charge in [-0.15, -0.1) is 0 Å². The van der Waals surface area contributed by atoms with Crippen LogP contribution in [-0.4, -0.2) is 27.2 Å². The van der Waals surface area contributed by atoms with Gasteiger partial charge in [0, 0.05) is 16.6 Å². The molecule has 0 aliphatic heterocycles. The van der Waals surface area contributed by atoms with Gasteiger partial charge in [0.1, 0.15) is 5.82 Å². The molecule has 1 amide bonds. The molecule has 1 aromatic heterocycles. The van der Waals surface area contributed by atoms with E-state index in [4.69, 9.17) is 17.3 Å². The quantitative estimate of drug-likeness (QED) is 0.548. The Morgan fingerprint density at radius 2 is 1.96 bits per heavy atom. The second kappa shape index (κ2) is 8.93. The van der Waals surface area contributed by atoms with Gasteiger partial charge >= 0.3 is 0 Å². The molecule has 1 atom stereocenters. The zero-order valence-electron chi connectivity index (χ0n) is 15.7. The number of carbonyl (C=O) groups is 1. The highest BCUT2D eigenvalue weighted by Crippen LogP contribution is 2.32. The molecule has 1 saturated carbocycles. The third-order valence-corrected chi connectivity index (χ3v) is 6.03. The van der Waals surface area contributed by atoms with Crippen molar-refractivity contribution in [3.05, 3.63) is 35.0 Å². The highest BCUT2D eigenvalue weighted by Gasteiger charge is 2.23. The van der Waals surface area contributed by atoms with Crippen LogP contribution in [0.4, 0.5) is 5.82 Å². The SMILES string of the molecule is CCc1nc(S[C@@H](C)C(=O)NC2CCCC2)nc(N)c1-c1ccc(Cl)cc1. The number of aryl methyl sites for hydroxylation is 1. The van der Waals surface area contributed by atoms with Crippen molar-refractivity contribution in [1.82, 2.24) is 15.3 Å². The van der Waals surface area contributed by atoms with Crippen LogP contribution in [0.1, 0.15) is 45.2 Å². The molecule has 0 saturated heterocycles. The number of anilines is 1. The number of nitrogen functional groups attached to an aromatic ring is 1. The topological polar surface area (TPSA) is 80.9 Å². The molecule has 0 bridgehead atoms. The lowest BCUT2D eigenvalue weighted by atomic mass is 10.0. The van der Waals surface area contributed by atoms with Crippen molar-refractivity contribution in [3.8, 4) is 11.1 Å². The molecule has 1 heterocycles. The second-order valence-corrected chi connectivity index (χ2v) is 8.57. The summed E-state index contributed by atoms with van der Waals surface area (Å²) in [6.45, 7) is 3.92. The first-order valence-electron chi connectivity index (χ1n) is 9.37. The minimum absolute atomic E-state index is 0.0360. The molecule has 3 N–H and O–H groups in total. The van der Waals surface area contributed by atoms with Crippen LogP contribution in [0.5, 0.6) is 0 Å². The zero-order valence-corrected chi connectivity index (χ0v) is 17.2. The lowest BCUT2D eigenvalue weighted by molar-refractivity contribution is -0.120. The average Bonchev–Trinajstić information content (AvgIpc) is 3.15. The minimum atomic E-state index is -0.268.